The quantitative estimate of drug-likeness (QED) is 0.228. The van der Waals surface area contributed by atoms with Crippen molar-refractivity contribution in [2.45, 2.75) is 26.7 Å². The Hall–Kier alpha value is -1.28. The molecule has 6 heteroatoms. The molecule has 0 atom stereocenters. The van der Waals surface area contributed by atoms with Gasteiger partial charge in [-0.25, -0.2) is 0 Å². The second-order valence-corrected chi connectivity index (χ2v) is 14.7. The molecular weight excluding hydrogens is 481 g/mol. The van der Waals surface area contributed by atoms with Crippen LogP contribution in [0.3, 0.4) is 0 Å². The highest BCUT2D eigenvalue weighted by Crippen LogP contribution is 2.46. The molecule has 0 aliphatic carbocycles. The van der Waals surface area contributed by atoms with Crippen molar-refractivity contribution in [1.82, 2.24) is 0 Å². The van der Waals surface area contributed by atoms with Crippen molar-refractivity contribution in [1.29, 1.82) is 0 Å². The summed E-state index contributed by atoms with van der Waals surface area (Å²) in [5.41, 5.74) is 0. The van der Waals surface area contributed by atoms with Crippen LogP contribution in [0, 0.1) is 13.8 Å². The molecule has 0 fully saturated rings. The molecule has 0 aliphatic heterocycles. The van der Waals surface area contributed by atoms with Gasteiger partial charge in [0.05, 0.1) is 23.5 Å². The van der Waals surface area contributed by atoms with E-state index in [1.165, 1.54) is 67.9 Å². The molecular formula is C24H16S6. The van der Waals surface area contributed by atoms with E-state index in [4.69, 9.17) is 0 Å². The SMILES string of the molecule is Cc1cc2ccc3c4sc(CCc5cc6sc7cc(C)sc7c6s5)cc4sc3c2s1. The van der Waals surface area contributed by atoms with E-state index in [0.717, 1.165) is 12.8 Å². The molecule has 148 valence electrons. The lowest BCUT2D eigenvalue weighted by atomic mass is 10.2. The van der Waals surface area contributed by atoms with Crippen LogP contribution in [-0.4, -0.2) is 0 Å². The van der Waals surface area contributed by atoms with E-state index in [9.17, 15) is 0 Å². The Bertz CT molecular complexity index is 1720. The zero-order valence-electron chi connectivity index (χ0n) is 16.3. The molecule has 7 aromatic rings. The van der Waals surface area contributed by atoms with Gasteiger partial charge in [-0.15, -0.1) is 68.0 Å². The fourth-order valence-corrected chi connectivity index (χ4v) is 12.0. The van der Waals surface area contributed by atoms with Crippen molar-refractivity contribution in [2.75, 3.05) is 0 Å². The van der Waals surface area contributed by atoms with Crippen LogP contribution in [0.2, 0.25) is 0 Å². The predicted molar refractivity (Wildman–Crippen MR) is 145 cm³/mol. The minimum absolute atomic E-state index is 1.15. The van der Waals surface area contributed by atoms with Gasteiger partial charge in [-0.2, -0.15) is 0 Å². The van der Waals surface area contributed by atoms with Crippen molar-refractivity contribution in [3.05, 3.63) is 55.9 Å². The van der Waals surface area contributed by atoms with Crippen LogP contribution in [0.15, 0.2) is 36.4 Å². The molecule has 6 aromatic heterocycles. The summed E-state index contributed by atoms with van der Waals surface area (Å²) in [6, 6.07) is 14.2. The Morgan fingerprint density at radius 2 is 1.17 bits per heavy atom. The highest BCUT2D eigenvalue weighted by atomic mass is 32.1. The fourth-order valence-electron chi connectivity index (χ4n) is 4.28. The van der Waals surface area contributed by atoms with Crippen LogP contribution in [0.4, 0.5) is 0 Å². The van der Waals surface area contributed by atoms with E-state index < -0.39 is 0 Å². The Kier molecular flexibility index (Phi) is 4.03. The molecule has 1 aromatic carbocycles. The van der Waals surface area contributed by atoms with E-state index in [1.54, 1.807) is 0 Å². The Morgan fingerprint density at radius 1 is 0.533 bits per heavy atom. The number of benzene rings is 1. The predicted octanol–water partition coefficient (Wildman–Crippen LogP) is 10.2. The summed E-state index contributed by atoms with van der Waals surface area (Å²) in [5, 5.41) is 2.85. The first-order valence-corrected chi connectivity index (χ1v) is 14.8. The van der Waals surface area contributed by atoms with Gasteiger partial charge in [-0.3, -0.25) is 0 Å². The molecule has 0 nitrogen and oxygen atoms in total. The molecule has 0 unspecified atom stereocenters. The first kappa shape index (κ1) is 18.3. The summed E-state index contributed by atoms with van der Waals surface area (Å²) in [6.45, 7) is 4.43. The van der Waals surface area contributed by atoms with Crippen molar-refractivity contribution >= 4 is 116 Å². The van der Waals surface area contributed by atoms with E-state index in [1.807, 2.05) is 68.0 Å². The normalized spacial score (nSPS) is 12.6. The molecule has 0 bridgehead atoms. The largest absolute Gasteiger partial charge is 0.139 e. The lowest BCUT2D eigenvalue weighted by Crippen LogP contribution is -1.83. The number of rotatable bonds is 3. The molecule has 0 spiro atoms. The summed E-state index contributed by atoms with van der Waals surface area (Å²) < 4.78 is 11.8. The molecule has 0 aliphatic rings. The summed E-state index contributed by atoms with van der Waals surface area (Å²) >= 11 is 11.8. The number of fused-ring (bicyclic) bond motifs is 8. The zero-order valence-corrected chi connectivity index (χ0v) is 21.2. The smallest absolute Gasteiger partial charge is 0.0632 e. The maximum atomic E-state index is 2.45. The average molecular weight is 497 g/mol. The first-order chi connectivity index (χ1) is 14.6. The minimum Gasteiger partial charge on any atom is -0.139 e. The number of aryl methyl sites for hydroxylation is 4. The van der Waals surface area contributed by atoms with Crippen molar-refractivity contribution in [3.8, 4) is 0 Å². The Balaban J connectivity index is 1.22. The third-order valence-corrected chi connectivity index (χ3v) is 13.1. The molecule has 0 saturated carbocycles. The van der Waals surface area contributed by atoms with Gasteiger partial charge in [0, 0.05) is 39.0 Å². The van der Waals surface area contributed by atoms with E-state index in [-0.39, 0.29) is 0 Å². The zero-order chi connectivity index (χ0) is 20.0. The van der Waals surface area contributed by atoms with Gasteiger partial charge in [0.15, 0.2) is 0 Å². The fraction of sp³-hybridized carbons (Fsp3) is 0.167. The topological polar surface area (TPSA) is 0 Å². The summed E-state index contributed by atoms with van der Waals surface area (Å²) in [7, 11) is 0. The Morgan fingerprint density at radius 3 is 2.00 bits per heavy atom. The molecule has 0 saturated heterocycles. The highest BCUT2D eigenvalue weighted by molar-refractivity contribution is 7.38. The van der Waals surface area contributed by atoms with Crippen LogP contribution in [-0.2, 0) is 12.8 Å². The molecule has 30 heavy (non-hydrogen) atoms. The van der Waals surface area contributed by atoms with Crippen LogP contribution < -0.4 is 0 Å². The van der Waals surface area contributed by atoms with Gasteiger partial charge in [-0.1, -0.05) is 12.1 Å². The maximum Gasteiger partial charge on any atom is 0.0632 e. The lowest BCUT2D eigenvalue weighted by Gasteiger charge is -1.95. The third-order valence-electron chi connectivity index (χ3n) is 5.58. The molecule has 0 radical (unpaired) electrons. The number of hydrogen-bond donors (Lipinski definition) is 0. The molecule has 7 rings (SSSR count). The third kappa shape index (κ3) is 2.71. The standard InChI is InChI=1S/C24H16S6/c1-11-7-13-3-6-16-21-18(30-22(16)20(13)25-11)9-14(27-21)4-5-15-10-19-24(28-15)23-17(29-19)8-12(2)26-23/h3,6-10H,4-5H2,1-2H3. The van der Waals surface area contributed by atoms with Gasteiger partial charge >= 0.3 is 0 Å². The van der Waals surface area contributed by atoms with Crippen molar-refractivity contribution < 1.29 is 0 Å². The van der Waals surface area contributed by atoms with Gasteiger partial charge in [-0.05, 0) is 56.3 Å². The van der Waals surface area contributed by atoms with Gasteiger partial charge < -0.3 is 0 Å². The maximum absolute atomic E-state index is 2.45. The van der Waals surface area contributed by atoms with Gasteiger partial charge in [0.1, 0.15) is 0 Å². The summed E-state index contributed by atoms with van der Waals surface area (Å²) in [5.74, 6) is 0. The van der Waals surface area contributed by atoms with Gasteiger partial charge in [0.2, 0.25) is 0 Å². The minimum atomic E-state index is 1.15. The monoisotopic (exact) mass is 496 g/mol. The first-order valence-electron chi connectivity index (χ1n) is 9.88. The van der Waals surface area contributed by atoms with E-state index in [2.05, 4.69) is 50.2 Å². The van der Waals surface area contributed by atoms with Crippen LogP contribution in [0.25, 0.3) is 48.4 Å². The summed E-state index contributed by atoms with van der Waals surface area (Å²) in [4.78, 5) is 5.88. The Labute approximate surface area is 197 Å². The molecule has 6 heterocycles. The van der Waals surface area contributed by atoms with E-state index >= 15 is 0 Å². The van der Waals surface area contributed by atoms with Crippen LogP contribution >= 0.6 is 68.0 Å². The highest BCUT2D eigenvalue weighted by Gasteiger charge is 2.15. The lowest BCUT2D eigenvalue weighted by molar-refractivity contribution is 1.01. The van der Waals surface area contributed by atoms with E-state index in [0.29, 0.717) is 0 Å². The van der Waals surface area contributed by atoms with Crippen molar-refractivity contribution in [3.63, 3.8) is 0 Å². The van der Waals surface area contributed by atoms with Crippen LogP contribution in [0.5, 0.6) is 0 Å². The number of hydrogen-bond acceptors (Lipinski definition) is 6. The molecule has 0 N–H and O–H groups in total. The van der Waals surface area contributed by atoms with Crippen LogP contribution in [0.1, 0.15) is 19.5 Å². The number of thiophene rings is 6. The summed E-state index contributed by atoms with van der Waals surface area (Å²) in [6.07, 6.45) is 2.30. The van der Waals surface area contributed by atoms with Gasteiger partial charge in [0.25, 0.3) is 0 Å². The average Bonchev–Trinajstić information content (AvgIpc) is 3.48. The molecule has 0 amide bonds. The second-order valence-electron chi connectivity index (χ2n) is 7.78. The van der Waals surface area contributed by atoms with Crippen molar-refractivity contribution in [2.24, 2.45) is 0 Å². The second kappa shape index (κ2) is 6.61.